The van der Waals surface area contributed by atoms with Crippen LogP contribution in [0.25, 0.3) is 0 Å². The van der Waals surface area contributed by atoms with Gasteiger partial charge in [0, 0.05) is 20.1 Å². The number of para-hydroxylation sites is 1. The van der Waals surface area contributed by atoms with Crippen LogP contribution in [0.1, 0.15) is 19.8 Å². The van der Waals surface area contributed by atoms with Crippen LogP contribution in [0.15, 0.2) is 29.2 Å². The largest absolute Gasteiger partial charge is 0.381 e. The summed E-state index contributed by atoms with van der Waals surface area (Å²) in [5.74, 6) is 0.736. The summed E-state index contributed by atoms with van der Waals surface area (Å²) in [6, 6.07) is 7.50. The number of sulfonamides is 1. The van der Waals surface area contributed by atoms with E-state index in [0.29, 0.717) is 16.6 Å². The summed E-state index contributed by atoms with van der Waals surface area (Å²) in [7, 11) is -0.274. The van der Waals surface area contributed by atoms with Gasteiger partial charge in [0.05, 0.1) is 5.69 Å². The molecule has 0 aliphatic heterocycles. The Morgan fingerprint density at radius 1 is 1.22 bits per heavy atom. The van der Waals surface area contributed by atoms with Gasteiger partial charge in [0.1, 0.15) is 4.90 Å². The predicted molar refractivity (Wildman–Crippen MR) is 73.1 cm³/mol. The number of hydrogen-bond acceptors (Lipinski definition) is 3. The van der Waals surface area contributed by atoms with Crippen molar-refractivity contribution in [3.05, 3.63) is 24.3 Å². The molecule has 1 aromatic carbocycles. The highest BCUT2D eigenvalue weighted by Crippen LogP contribution is 2.32. The van der Waals surface area contributed by atoms with Crippen LogP contribution in [0.3, 0.4) is 0 Å². The average molecular weight is 268 g/mol. The van der Waals surface area contributed by atoms with Gasteiger partial charge in [-0.2, -0.15) is 0 Å². The standard InChI is InChI=1S/C13H20N2O2S/c1-10-8-11(9-10)14-12-6-4-5-7-13(12)18(16,17)15(2)3/h4-7,10-11,14H,8-9H2,1-3H3. The first kappa shape index (κ1) is 13.4. The highest BCUT2D eigenvalue weighted by atomic mass is 32.2. The molecule has 0 radical (unpaired) electrons. The number of hydrogen-bond donors (Lipinski definition) is 1. The molecule has 5 heteroatoms. The van der Waals surface area contributed by atoms with Crippen LogP contribution in [0.2, 0.25) is 0 Å². The van der Waals surface area contributed by atoms with E-state index in [1.54, 1.807) is 26.2 Å². The van der Waals surface area contributed by atoms with Gasteiger partial charge in [-0.05, 0) is 30.9 Å². The summed E-state index contributed by atoms with van der Waals surface area (Å²) >= 11 is 0. The molecule has 0 heterocycles. The van der Waals surface area contributed by atoms with E-state index in [4.69, 9.17) is 0 Å². The summed E-state index contributed by atoms with van der Waals surface area (Å²) in [6.45, 7) is 2.21. The molecule has 0 aromatic heterocycles. The van der Waals surface area contributed by atoms with Gasteiger partial charge in [-0.25, -0.2) is 12.7 Å². The summed E-state index contributed by atoms with van der Waals surface area (Å²) < 4.78 is 25.6. The Hall–Kier alpha value is -1.07. The highest BCUT2D eigenvalue weighted by molar-refractivity contribution is 7.89. The maximum Gasteiger partial charge on any atom is 0.244 e. The molecule has 1 aromatic rings. The second-order valence-electron chi connectivity index (χ2n) is 5.20. The predicted octanol–water partition coefficient (Wildman–Crippen LogP) is 2.15. The molecule has 0 bridgehead atoms. The topological polar surface area (TPSA) is 49.4 Å². The Morgan fingerprint density at radius 2 is 1.83 bits per heavy atom. The van der Waals surface area contributed by atoms with Gasteiger partial charge < -0.3 is 5.32 Å². The summed E-state index contributed by atoms with van der Waals surface area (Å²) in [5, 5.41) is 3.33. The molecule has 1 saturated carbocycles. The third-order valence-electron chi connectivity index (χ3n) is 3.38. The lowest BCUT2D eigenvalue weighted by atomic mass is 9.82. The number of anilines is 1. The third kappa shape index (κ3) is 2.52. The lowest BCUT2D eigenvalue weighted by Crippen LogP contribution is -2.34. The molecule has 0 amide bonds. The van der Waals surface area contributed by atoms with Crippen LogP contribution in [0.4, 0.5) is 5.69 Å². The maximum atomic E-state index is 12.2. The van der Waals surface area contributed by atoms with E-state index >= 15 is 0 Å². The van der Waals surface area contributed by atoms with Crippen molar-refractivity contribution in [3.8, 4) is 0 Å². The van der Waals surface area contributed by atoms with Crippen LogP contribution in [0, 0.1) is 5.92 Å². The Morgan fingerprint density at radius 3 is 2.39 bits per heavy atom. The molecule has 0 saturated heterocycles. The van der Waals surface area contributed by atoms with Gasteiger partial charge in [-0.15, -0.1) is 0 Å². The Bertz CT molecular complexity index is 520. The molecule has 1 aliphatic carbocycles. The Labute approximate surface area is 109 Å². The first-order valence-electron chi connectivity index (χ1n) is 6.19. The summed E-state index contributed by atoms with van der Waals surface area (Å²) in [6.07, 6.45) is 2.21. The minimum Gasteiger partial charge on any atom is -0.381 e. The Kier molecular flexibility index (Phi) is 3.64. The average Bonchev–Trinajstić information content (AvgIpc) is 2.27. The van der Waals surface area contributed by atoms with Gasteiger partial charge in [0.25, 0.3) is 0 Å². The SMILES string of the molecule is CC1CC(Nc2ccccc2S(=O)(=O)N(C)C)C1. The fraction of sp³-hybridized carbons (Fsp3) is 0.538. The zero-order valence-electron chi connectivity index (χ0n) is 11.1. The van der Waals surface area contributed by atoms with Crippen LogP contribution in [0.5, 0.6) is 0 Å². The number of nitrogens with one attached hydrogen (secondary N) is 1. The van der Waals surface area contributed by atoms with Crippen molar-refractivity contribution < 1.29 is 8.42 Å². The van der Waals surface area contributed by atoms with E-state index < -0.39 is 10.0 Å². The van der Waals surface area contributed by atoms with Gasteiger partial charge in [-0.1, -0.05) is 19.1 Å². The quantitative estimate of drug-likeness (QED) is 0.910. The normalized spacial score (nSPS) is 23.8. The van der Waals surface area contributed by atoms with Crippen molar-refractivity contribution in [2.45, 2.75) is 30.7 Å². The smallest absolute Gasteiger partial charge is 0.244 e. The molecule has 18 heavy (non-hydrogen) atoms. The van der Waals surface area contributed by atoms with E-state index in [2.05, 4.69) is 12.2 Å². The van der Waals surface area contributed by atoms with Crippen LogP contribution in [-0.2, 0) is 10.0 Å². The molecule has 0 atom stereocenters. The number of rotatable bonds is 4. The fourth-order valence-electron chi connectivity index (χ4n) is 2.25. The lowest BCUT2D eigenvalue weighted by molar-refractivity contribution is 0.309. The Balaban J connectivity index is 2.26. The molecule has 4 nitrogen and oxygen atoms in total. The first-order valence-corrected chi connectivity index (χ1v) is 7.63. The molecule has 2 rings (SSSR count). The van der Waals surface area contributed by atoms with Crippen molar-refractivity contribution >= 4 is 15.7 Å². The van der Waals surface area contributed by atoms with E-state index in [1.165, 1.54) is 4.31 Å². The van der Waals surface area contributed by atoms with Gasteiger partial charge in [0.15, 0.2) is 0 Å². The fourth-order valence-corrected chi connectivity index (χ4v) is 3.30. The minimum atomic E-state index is -3.38. The molecule has 1 N–H and O–H groups in total. The lowest BCUT2D eigenvalue weighted by Gasteiger charge is -2.34. The number of nitrogens with zero attached hydrogens (tertiary/aromatic N) is 1. The van der Waals surface area contributed by atoms with E-state index in [-0.39, 0.29) is 0 Å². The van der Waals surface area contributed by atoms with E-state index in [9.17, 15) is 8.42 Å². The molecule has 0 unspecified atom stereocenters. The molecule has 1 fully saturated rings. The maximum absolute atomic E-state index is 12.2. The molecular formula is C13H20N2O2S. The van der Waals surface area contributed by atoms with Crippen LogP contribution in [-0.4, -0.2) is 32.9 Å². The van der Waals surface area contributed by atoms with Crippen LogP contribution < -0.4 is 5.32 Å². The molecule has 0 spiro atoms. The van der Waals surface area contributed by atoms with Gasteiger partial charge in [0.2, 0.25) is 10.0 Å². The van der Waals surface area contributed by atoms with Crippen molar-refractivity contribution in [2.75, 3.05) is 19.4 Å². The molecular weight excluding hydrogens is 248 g/mol. The van der Waals surface area contributed by atoms with Crippen molar-refractivity contribution in [1.29, 1.82) is 0 Å². The second-order valence-corrected chi connectivity index (χ2v) is 7.32. The van der Waals surface area contributed by atoms with Gasteiger partial charge >= 0.3 is 0 Å². The highest BCUT2D eigenvalue weighted by Gasteiger charge is 2.27. The van der Waals surface area contributed by atoms with Gasteiger partial charge in [-0.3, -0.25) is 0 Å². The minimum absolute atomic E-state index is 0.356. The van der Waals surface area contributed by atoms with Crippen LogP contribution >= 0.6 is 0 Å². The molecule has 1 aliphatic rings. The monoisotopic (exact) mass is 268 g/mol. The van der Waals surface area contributed by atoms with E-state index in [1.807, 2.05) is 12.1 Å². The summed E-state index contributed by atoms with van der Waals surface area (Å²) in [4.78, 5) is 0.356. The van der Waals surface area contributed by atoms with Crippen molar-refractivity contribution in [3.63, 3.8) is 0 Å². The van der Waals surface area contributed by atoms with E-state index in [0.717, 1.165) is 18.8 Å². The number of benzene rings is 1. The van der Waals surface area contributed by atoms with Crippen molar-refractivity contribution in [2.24, 2.45) is 5.92 Å². The summed E-state index contributed by atoms with van der Waals surface area (Å²) in [5.41, 5.74) is 0.711. The zero-order valence-corrected chi connectivity index (χ0v) is 11.9. The second kappa shape index (κ2) is 4.90. The van der Waals surface area contributed by atoms with Crippen molar-refractivity contribution in [1.82, 2.24) is 4.31 Å². The third-order valence-corrected chi connectivity index (χ3v) is 5.25. The molecule has 100 valence electrons. The zero-order chi connectivity index (χ0) is 13.3. The first-order chi connectivity index (χ1) is 8.41.